The Morgan fingerprint density at radius 1 is 1.00 bits per heavy atom. The Balaban J connectivity index is 1.39. The third kappa shape index (κ3) is 6.27. The van der Waals surface area contributed by atoms with Crippen LogP contribution in [-0.4, -0.2) is 50.0 Å². The van der Waals surface area contributed by atoms with Gasteiger partial charge in [0.1, 0.15) is 11.6 Å². The number of alkyl halides is 3. The normalized spacial score (nSPS) is 20.6. The zero-order valence-corrected chi connectivity index (χ0v) is 24.3. The summed E-state index contributed by atoms with van der Waals surface area (Å²) in [5, 5.41) is 14.3. The number of carbonyl (C=O) groups excluding carboxylic acids is 2. The summed E-state index contributed by atoms with van der Waals surface area (Å²) in [6, 6.07) is 11.5. The summed E-state index contributed by atoms with van der Waals surface area (Å²) in [5.41, 5.74) is -4.78. The van der Waals surface area contributed by atoms with Crippen LogP contribution >= 0.6 is 0 Å². The van der Waals surface area contributed by atoms with Crippen molar-refractivity contribution in [3.8, 4) is 16.9 Å². The Morgan fingerprint density at radius 3 is 2.33 bits per heavy atom. The first kappa shape index (κ1) is 31.7. The molecule has 0 aromatic heterocycles. The Hall–Kier alpha value is -4.72. The molecule has 0 heterocycles. The number of fused-ring (bicyclic) bond motifs is 2. The summed E-state index contributed by atoms with van der Waals surface area (Å²) >= 11 is 0. The number of hydrogen-bond donors (Lipinski definition) is 3. The van der Waals surface area contributed by atoms with Gasteiger partial charge < -0.3 is 20.5 Å². The second-order valence-electron chi connectivity index (χ2n) is 10.7. The van der Waals surface area contributed by atoms with Crippen molar-refractivity contribution in [2.45, 2.75) is 29.3 Å². The smallest absolute Gasteiger partial charge is 0.496 e. The highest BCUT2D eigenvalue weighted by Gasteiger charge is 2.49. The van der Waals surface area contributed by atoms with E-state index in [-0.39, 0.29) is 40.8 Å². The molecule has 4 atom stereocenters. The quantitative estimate of drug-likeness (QED) is 0.220. The van der Waals surface area contributed by atoms with E-state index in [0.717, 1.165) is 24.3 Å². The average Bonchev–Trinajstić information content (AvgIpc) is 3.59. The highest BCUT2D eigenvalue weighted by atomic mass is 32.2. The molecule has 9 nitrogen and oxygen atoms in total. The summed E-state index contributed by atoms with van der Waals surface area (Å²) in [6.45, 7) is 0. The zero-order chi connectivity index (χ0) is 32.7. The molecule has 0 saturated heterocycles. The predicted molar refractivity (Wildman–Crippen MR) is 154 cm³/mol. The van der Waals surface area contributed by atoms with Crippen molar-refractivity contribution in [1.29, 1.82) is 0 Å². The third-order valence-corrected chi connectivity index (χ3v) is 9.41. The number of benzene rings is 3. The lowest BCUT2D eigenvalue weighted by molar-refractivity contribution is -0.136. The van der Waals surface area contributed by atoms with Crippen LogP contribution in [0.4, 0.5) is 23.2 Å². The van der Waals surface area contributed by atoms with Gasteiger partial charge in [0.15, 0.2) is 0 Å². The van der Waals surface area contributed by atoms with E-state index in [1.807, 2.05) is 12.2 Å². The Morgan fingerprint density at radius 2 is 1.69 bits per heavy atom. The fourth-order valence-corrected chi connectivity index (χ4v) is 6.61. The maximum absolute atomic E-state index is 15.1. The molecule has 2 aliphatic carbocycles. The van der Waals surface area contributed by atoms with Crippen LogP contribution in [0.15, 0.2) is 77.7 Å². The van der Waals surface area contributed by atoms with Gasteiger partial charge in [-0.15, -0.1) is 0 Å². The number of ether oxygens (including phenoxy) is 1. The molecular weight excluding hydrogens is 620 g/mol. The van der Waals surface area contributed by atoms with E-state index < -0.39 is 55.8 Å². The van der Waals surface area contributed by atoms with Crippen molar-refractivity contribution < 1.29 is 50.2 Å². The summed E-state index contributed by atoms with van der Waals surface area (Å²) in [6.07, 6.45) is 3.96. The lowest BCUT2D eigenvalue weighted by Crippen LogP contribution is -2.47. The van der Waals surface area contributed by atoms with Crippen molar-refractivity contribution >= 4 is 33.3 Å². The van der Waals surface area contributed by atoms with Gasteiger partial charge in [0, 0.05) is 23.4 Å². The Kier molecular flexibility index (Phi) is 8.45. The molecule has 14 heteroatoms. The predicted octanol–water partition coefficient (Wildman–Crippen LogP) is 4.98. The maximum Gasteiger partial charge on any atom is 0.501 e. The van der Waals surface area contributed by atoms with Gasteiger partial charge in [-0.25, -0.2) is 12.8 Å². The SMILES string of the molecule is COc1cc(F)c(-c2ccc(CC(=O)O)cc2)cc1C(=O)N[C@H]1[C@@H](C(=O)Nc2cccc(S(=O)(=O)C(F)(F)F)c2)[C@@H]2C=C[C@H]1C2. The van der Waals surface area contributed by atoms with Crippen molar-refractivity contribution in [2.75, 3.05) is 12.4 Å². The molecular formula is C31H26F4N2O7S. The largest absolute Gasteiger partial charge is 0.501 e. The molecule has 1 fully saturated rings. The molecule has 0 spiro atoms. The molecule has 3 N–H and O–H groups in total. The monoisotopic (exact) mass is 646 g/mol. The Bertz CT molecular complexity index is 1810. The van der Waals surface area contributed by atoms with Gasteiger partial charge in [0.25, 0.3) is 15.7 Å². The van der Waals surface area contributed by atoms with Gasteiger partial charge in [-0.2, -0.15) is 13.2 Å². The van der Waals surface area contributed by atoms with Crippen LogP contribution in [0.1, 0.15) is 22.3 Å². The van der Waals surface area contributed by atoms with Gasteiger partial charge in [0.2, 0.25) is 5.91 Å². The van der Waals surface area contributed by atoms with E-state index >= 15 is 4.39 Å². The number of hydrogen-bond acceptors (Lipinski definition) is 6. The van der Waals surface area contributed by atoms with Crippen molar-refractivity contribution in [1.82, 2.24) is 5.32 Å². The highest BCUT2D eigenvalue weighted by Crippen LogP contribution is 2.45. The van der Waals surface area contributed by atoms with E-state index in [4.69, 9.17) is 9.84 Å². The maximum atomic E-state index is 15.1. The van der Waals surface area contributed by atoms with Crippen LogP contribution in [0.5, 0.6) is 5.75 Å². The van der Waals surface area contributed by atoms with Crippen LogP contribution in [0.25, 0.3) is 11.1 Å². The number of methoxy groups -OCH3 is 1. The first-order valence-electron chi connectivity index (χ1n) is 13.6. The molecule has 3 aromatic carbocycles. The number of allylic oxidation sites excluding steroid dienone is 1. The van der Waals surface area contributed by atoms with E-state index in [2.05, 4.69) is 10.6 Å². The number of aliphatic carboxylic acids is 1. The van der Waals surface area contributed by atoms with Crippen LogP contribution < -0.4 is 15.4 Å². The second kappa shape index (κ2) is 12.0. The van der Waals surface area contributed by atoms with Crippen LogP contribution in [0.2, 0.25) is 0 Å². The van der Waals surface area contributed by atoms with Gasteiger partial charge in [-0.05, 0) is 53.6 Å². The third-order valence-electron chi connectivity index (χ3n) is 7.93. The topological polar surface area (TPSA) is 139 Å². The molecule has 1 saturated carbocycles. The lowest BCUT2D eigenvalue weighted by Gasteiger charge is -2.28. The van der Waals surface area contributed by atoms with Crippen LogP contribution in [0.3, 0.4) is 0 Å². The minimum absolute atomic E-state index is 0.0283. The fraction of sp³-hybridized carbons (Fsp3) is 0.258. The standard InChI is InChI=1S/C31H26F4N2O7S/c1-44-25-15-24(32)22(17-7-5-16(6-8-17)11-26(38)39)14-23(25)29(40)37-28-19-10-9-18(12-19)27(28)30(41)36-20-3-2-4-21(13-20)45(42,43)31(33,34)35/h2-10,13-15,18-19,27-28H,11-12H2,1H3,(H,36,41)(H,37,40)(H,38,39)/t18-,19+,27+,28-/m1/s1. The first-order valence-corrected chi connectivity index (χ1v) is 15.1. The molecule has 5 rings (SSSR count). The molecule has 0 unspecified atom stereocenters. The molecule has 3 aromatic rings. The van der Waals surface area contributed by atoms with Crippen molar-refractivity contribution in [2.24, 2.45) is 17.8 Å². The first-order chi connectivity index (χ1) is 21.2. The number of rotatable bonds is 9. The van der Waals surface area contributed by atoms with E-state index in [1.54, 1.807) is 0 Å². The van der Waals surface area contributed by atoms with E-state index in [0.29, 0.717) is 17.5 Å². The molecule has 2 aliphatic rings. The van der Waals surface area contributed by atoms with Crippen molar-refractivity contribution in [3.63, 3.8) is 0 Å². The summed E-state index contributed by atoms with van der Waals surface area (Å²) < 4.78 is 83.2. The number of anilines is 1. The number of halogens is 4. The number of sulfone groups is 1. The molecule has 45 heavy (non-hydrogen) atoms. The summed E-state index contributed by atoms with van der Waals surface area (Å²) in [4.78, 5) is 37.0. The van der Waals surface area contributed by atoms with Crippen molar-refractivity contribution in [3.05, 3.63) is 89.8 Å². The number of carboxylic acid groups (broad SMARTS) is 1. The molecule has 2 amide bonds. The second-order valence-corrected chi connectivity index (χ2v) is 12.7. The minimum atomic E-state index is -5.64. The molecule has 0 aliphatic heterocycles. The average molecular weight is 647 g/mol. The molecule has 2 bridgehead atoms. The number of carbonyl (C=O) groups is 3. The fourth-order valence-electron chi connectivity index (χ4n) is 5.81. The van der Waals surface area contributed by atoms with Gasteiger partial charge >= 0.3 is 11.5 Å². The summed E-state index contributed by atoms with van der Waals surface area (Å²) in [5.74, 6) is -4.49. The van der Waals surface area contributed by atoms with Gasteiger partial charge in [-0.1, -0.05) is 42.5 Å². The molecule has 0 radical (unpaired) electrons. The van der Waals surface area contributed by atoms with Gasteiger partial charge in [0.05, 0.1) is 29.9 Å². The van der Waals surface area contributed by atoms with Crippen LogP contribution in [0, 0.1) is 23.6 Å². The zero-order valence-electron chi connectivity index (χ0n) is 23.5. The number of amides is 2. The van der Waals surface area contributed by atoms with E-state index in [9.17, 15) is 36.0 Å². The van der Waals surface area contributed by atoms with Gasteiger partial charge in [-0.3, -0.25) is 14.4 Å². The van der Waals surface area contributed by atoms with E-state index in [1.165, 1.54) is 43.5 Å². The number of carboxylic acids is 1. The minimum Gasteiger partial charge on any atom is -0.496 e. The Labute approximate surface area is 254 Å². The highest BCUT2D eigenvalue weighted by molar-refractivity contribution is 7.92. The summed E-state index contributed by atoms with van der Waals surface area (Å²) in [7, 11) is -4.38. The van der Waals surface area contributed by atoms with Crippen LogP contribution in [-0.2, 0) is 25.8 Å². The lowest BCUT2D eigenvalue weighted by atomic mass is 9.87. The molecule has 236 valence electrons. The number of nitrogens with one attached hydrogen (secondary N) is 2.